The van der Waals surface area contributed by atoms with Gasteiger partial charge < -0.3 is 0 Å². The van der Waals surface area contributed by atoms with Gasteiger partial charge in [-0.15, -0.1) is 0 Å². The van der Waals surface area contributed by atoms with Crippen LogP contribution in [0.3, 0.4) is 0 Å². The molecule has 15 rings (SSSR count). The molecule has 11 aromatic carbocycles. The summed E-state index contributed by atoms with van der Waals surface area (Å²) in [5.41, 5.74) is 38.4. The summed E-state index contributed by atoms with van der Waals surface area (Å²) in [6.07, 6.45) is 14.0. The van der Waals surface area contributed by atoms with Gasteiger partial charge in [0.2, 0.25) is 0 Å². The fraction of sp³-hybridized carbons (Fsp3) is 0.353. The Hall–Kier alpha value is -8.58. The van der Waals surface area contributed by atoms with Crippen molar-refractivity contribution in [3.05, 3.63) is 275 Å². The Labute approximate surface area is 613 Å². The molecule has 0 nitrogen and oxygen atoms in total. The van der Waals surface area contributed by atoms with Gasteiger partial charge in [-0.2, -0.15) is 0 Å². The third kappa shape index (κ3) is 12.2. The molecule has 11 aromatic rings. The Kier molecular flexibility index (Phi) is 18.7. The van der Waals surface area contributed by atoms with E-state index in [0.717, 1.165) is 38.5 Å². The van der Waals surface area contributed by atoms with Crippen LogP contribution >= 0.6 is 0 Å². The van der Waals surface area contributed by atoms with E-state index in [4.69, 9.17) is 0 Å². The Bertz CT molecular complexity index is 4870. The van der Waals surface area contributed by atoms with Crippen molar-refractivity contribution >= 4 is 0 Å². The topological polar surface area (TPSA) is 0 Å². The molecular weight excluding hydrogens is 1230 g/mol. The highest BCUT2D eigenvalue weighted by Crippen LogP contribution is 2.62. The minimum Gasteiger partial charge on any atom is -0.0628 e. The summed E-state index contributed by atoms with van der Waals surface area (Å²) >= 11 is 0. The highest BCUT2D eigenvalue weighted by atomic mass is 14.5. The van der Waals surface area contributed by atoms with Gasteiger partial charge in [-0.1, -0.05) is 273 Å². The molecule has 0 spiro atoms. The van der Waals surface area contributed by atoms with E-state index < -0.39 is 0 Å². The van der Waals surface area contributed by atoms with Crippen molar-refractivity contribution in [2.24, 2.45) is 35.5 Å². The molecule has 0 amide bonds. The number of hydrogen-bond donors (Lipinski definition) is 0. The Morgan fingerprint density at radius 3 is 0.735 bits per heavy atom. The molecule has 518 valence electrons. The van der Waals surface area contributed by atoms with Gasteiger partial charge in [-0.3, -0.25) is 0 Å². The van der Waals surface area contributed by atoms with E-state index in [1.807, 2.05) is 0 Å². The molecule has 0 heteroatoms. The van der Waals surface area contributed by atoms with Gasteiger partial charge in [-0.05, 0) is 323 Å². The summed E-state index contributed by atoms with van der Waals surface area (Å²) in [6.45, 7) is 34.2. The molecule has 0 atom stereocenters. The van der Waals surface area contributed by atoms with Gasteiger partial charge >= 0.3 is 0 Å². The van der Waals surface area contributed by atoms with E-state index in [9.17, 15) is 0 Å². The molecule has 0 heterocycles. The minimum atomic E-state index is -0.281. The lowest BCUT2D eigenvalue weighted by Gasteiger charge is -2.35. The van der Waals surface area contributed by atoms with Crippen LogP contribution in [-0.4, -0.2) is 0 Å². The minimum absolute atomic E-state index is 0.00884. The molecule has 4 aliphatic rings. The number of rotatable bonds is 24. The average Bonchev–Trinajstić information content (AvgIpc) is 1.54. The second kappa shape index (κ2) is 27.6. The SMILES string of the molecule is CC(C)CCC1(CCC(C)C)c2ccccc2-c2ccc(-c3ccc4c(c3)C(CCC(C)C)(CCC(C)C)c3cc(-c5ccc6c(c5)C(CCC(C)C)(CCC(C)C)c5cc(-c7cc(-c8ccccc8)c8c(c7)C(C)(C)c7cc(-c9ccccc9)cc(-c9ccccc9)c7-8)ccc5-6)ccc3-4)cc21. The molecule has 0 N–H and O–H groups in total. The fourth-order valence-electron chi connectivity index (χ4n) is 19.2. The van der Waals surface area contributed by atoms with Crippen molar-refractivity contribution < 1.29 is 0 Å². The zero-order valence-corrected chi connectivity index (χ0v) is 63.9. The summed E-state index contributed by atoms with van der Waals surface area (Å²) in [5.74, 6) is 3.60. The number of benzene rings is 11. The fourth-order valence-corrected chi connectivity index (χ4v) is 19.2. The monoisotopic (exact) mass is 1330 g/mol. The highest BCUT2D eigenvalue weighted by Gasteiger charge is 2.48. The predicted octanol–water partition coefficient (Wildman–Crippen LogP) is 29.4. The first kappa shape index (κ1) is 69.2. The standard InChI is InChI=1S/C102H110/c1-65(2)44-50-100(51-45-66(3)4)89-33-25-24-32-81(89)82-39-34-74(58-90(82)100)75-35-40-83-84-41-36-76(60-92(84)101(91(83)59-75,52-46-67(5)6)53-47-68(7)8)77-37-42-85-86-43-38-78(62-94(86)102(93(85)61-77,54-48-69(9)10)55-49-70(11)12)80-57-88(73-30-22-17-23-31-73)98-96(64-80)99(13,14)95-63-79(71-26-18-15-19-27-71)56-87(97(95)98)72-28-20-16-21-29-72/h15-43,56-70H,44-55H2,1-14H3. The van der Waals surface area contributed by atoms with Gasteiger partial charge in [0.05, 0.1) is 0 Å². The van der Waals surface area contributed by atoms with Crippen LogP contribution in [0, 0.1) is 35.5 Å². The Morgan fingerprint density at radius 2 is 0.431 bits per heavy atom. The Morgan fingerprint density at radius 1 is 0.196 bits per heavy atom. The van der Waals surface area contributed by atoms with Gasteiger partial charge in [0, 0.05) is 21.7 Å². The van der Waals surface area contributed by atoms with Gasteiger partial charge in [-0.25, -0.2) is 0 Å². The van der Waals surface area contributed by atoms with E-state index in [1.165, 1.54) is 172 Å². The normalized spacial score (nSPS) is 15.1. The molecule has 0 fully saturated rings. The van der Waals surface area contributed by atoms with Gasteiger partial charge in [0.1, 0.15) is 0 Å². The van der Waals surface area contributed by atoms with Crippen LogP contribution < -0.4 is 0 Å². The maximum Gasteiger partial charge on any atom is 0.0215 e. The second-order valence-electron chi connectivity index (χ2n) is 34.8. The maximum absolute atomic E-state index is 2.70. The first-order chi connectivity index (χ1) is 49.2. The predicted molar refractivity (Wildman–Crippen MR) is 440 cm³/mol. The number of fused-ring (bicyclic) bond motifs is 12. The van der Waals surface area contributed by atoms with Crippen LogP contribution in [0.25, 0.3) is 111 Å². The average molecular weight is 1340 g/mol. The molecule has 0 aliphatic heterocycles. The molecule has 0 radical (unpaired) electrons. The van der Waals surface area contributed by atoms with Crippen LogP contribution in [-0.2, 0) is 21.7 Å². The zero-order valence-electron chi connectivity index (χ0n) is 63.9. The molecule has 0 saturated carbocycles. The molecule has 102 heavy (non-hydrogen) atoms. The van der Waals surface area contributed by atoms with Crippen molar-refractivity contribution in [3.8, 4) is 111 Å². The molecular formula is C102H110. The van der Waals surface area contributed by atoms with E-state index in [2.05, 4.69) is 327 Å². The second-order valence-corrected chi connectivity index (χ2v) is 34.8. The van der Waals surface area contributed by atoms with E-state index >= 15 is 0 Å². The lowest BCUT2D eigenvalue weighted by Crippen LogP contribution is -2.27. The number of hydrogen-bond acceptors (Lipinski definition) is 0. The van der Waals surface area contributed by atoms with Crippen molar-refractivity contribution in [2.75, 3.05) is 0 Å². The largest absolute Gasteiger partial charge is 0.0628 e. The molecule has 0 bridgehead atoms. The summed E-state index contributed by atoms with van der Waals surface area (Å²) in [4.78, 5) is 0. The lowest BCUT2D eigenvalue weighted by molar-refractivity contribution is 0.364. The molecule has 0 aromatic heterocycles. The molecule has 0 saturated heterocycles. The van der Waals surface area contributed by atoms with Crippen LogP contribution in [0.2, 0.25) is 0 Å². The summed E-state index contributed by atoms with van der Waals surface area (Å²) in [5, 5.41) is 0. The molecule has 0 unspecified atom stereocenters. The third-order valence-electron chi connectivity index (χ3n) is 25.0. The Balaban J connectivity index is 0.856. The maximum atomic E-state index is 2.70. The van der Waals surface area contributed by atoms with Gasteiger partial charge in [0.25, 0.3) is 0 Å². The van der Waals surface area contributed by atoms with Gasteiger partial charge in [0.15, 0.2) is 0 Å². The molecule has 4 aliphatic carbocycles. The first-order valence-corrected chi connectivity index (χ1v) is 39.6. The summed E-state index contributed by atoms with van der Waals surface area (Å²) in [7, 11) is 0. The van der Waals surface area contributed by atoms with Crippen molar-refractivity contribution in [3.63, 3.8) is 0 Å². The van der Waals surface area contributed by atoms with Crippen LogP contribution in [0.15, 0.2) is 231 Å². The van der Waals surface area contributed by atoms with Crippen molar-refractivity contribution in [1.29, 1.82) is 0 Å². The van der Waals surface area contributed by atoms with Crippen molar-refractivity contribution in [2.45, 2.75) is 196 Å². The zero-order chi connectivity index (χ0) is 71.0. The quantitative estimate of drug-likeness (QED) is 0.0566. The van der Waals surface area contributed by atoms with Crippen molar-refractivity contribution in [1.82, 2.24) is 0 Å². The smallest absolute Gasteiger partial charge is 0.0215 e. The van der Waals surface area contributed by atoms with E-state index in [-0.39, 0.29) is 21.7 Å². The van der Waals surface area contributed by atoms with Crippen LogP contribution in [0.4, 0.5) is 0 Å². The summed E-state index contributed by atoms with van der Waals surface area (Å²) in [6, 6.07) is 91.5. The first-order valence-electron chi connectivity index (χ1n) is 39.6. The summed E-state index contributed by atoms with van der Waals surface area (Å²) < 4.78 is 0. The van der Waals surface area contributed by atoms with Crippen LogP contribution in [0.5, 0.6) is 0 Å². The van der Waals surface area contributed by atoms with Crippen LogP contribution in [0.1, 0.15) is 218 Å². The lowest BCUT2D eigenvalue weighted by atomic mass is 9.68. The third-order valence-corrected chi connectivity index (χ3v) is 25.0. The van der Waals surface area contributed by atoms with E-state index in [1.54, 1.807) is 22.3 Å². The van der Waals surface area contributed by atoms with E-state index in [0.29, 0.717) is 35.5 Å². The highest BCUT2D eigenvalue weighted by molar-refractivity contribution is 6.03.